The molecular formula is C17H18ClF3S. The summed E-state index contributed by atoms with van der Waals surface area (Å²) in [6.45, 7) is 1.90. The molecule has 120 valence electrons. The molecule has 0 nitrogen and oxygen atoms in total. The Morgan fingerprint density at radius 3 is 2.50 bits per heavy atom. The number of rotatable bonds is 2. The van der Waals surface area contributed by atoms with E-state index in [1.165, 1.54) is 25.3 Å². The molecule has 0 aliphatic heterocycles. The van der Waals surface area contributed by atoms with Gasteiger partial charge >= 0.3 is 6.18 Å². The Hall–Kier alpha value is -0.740. The molecule has 1 aromatic carbocycles. The highest BCUT2D eigenvalue weighted by Gasteiger charge is 2.32. The van der Waals surface area contributed by atoms with E-state index in [1.54, 1.807) is 17.4 Å². The summed E-state index contributed by atoms with van der Waals surface area (Å²) in [6.07, 6.45) is 1.62. The van der Waals surface area contributed by atoms with Crippen molar-refractivity contribution in [3.8, 4) is 0 Å². The molecule has 1 heterocycles. The molecule has 22 heavy (non-hydrogen) atoms. The Balaban J connectivity index is 1.98. The summed E-state index contributed by atoms with van der Waals surface area (Å²) >= 11 is 8.23. The second kappa shape index (κ2) is 6.04. The van der Waals surface area contributed by atoms with Gasteiger partial charge in [0.05, 0.1) is 10.9 Å². The first-order valence-corrected chi connectivity index (χ1v) is 8.87. The fraction of sp³-hybridized carbons (Fsp3) is 0.529. The van der Waals surface area contributed by atoms with Crippen LogP contribution in [0.15, 0.2) is 18.2 Å². The summed E-state index contributed by atoms with van der Waals surface area (Å²) in [7, 11) is 0. The van der Waals surface area contributed by atoms with E-state index < -0.39 is 11.7 Å². The van der Waals surface area contributed by atoms with Crippen LogP contribution in [0.1, 0.15) is 53.5 Å². The minimum Gasteiger partial charge on any atom is -0.166 e. The molecule has 0 N–H and O–H groups in total. The molecule has 1 aliphatic carbocycles. The number of halogens is 4. The van der Waals surface area contributed by atoms with Crippen molar-refractivity contribution in [3.05, 3.63) is 34.2 Å². The van der Waals surface area contributed by atoms with Gasteiger partial charge in [-0.3, -0.25) is 0 Å². The molecule has 1 fully saturated rings. The van der Waals surface area contributed by atoms with Gasteiger partial charge in [0.2, 0.25) is 0 Å². The molecule has 0 saturated heterocycles. The Morgan fingerprint density at radius 1 is 1.18 bits per heavy atom. The highest BCUT2D eigenvalue weighted by atomic mass is 35.5. The third-order valence-corrected chi connectivity index (χ3v) is 6.67. The maximum Gasteiger partial charge on any atom is 0.416 e. The van der Waals surface area contributed by atoms with Crippen molar-refractivity contribution in [1.82, 2.24) is 0 Å². The Bertz CT molecular complexity index is 668. The van der Waals surface area contributed by atoms with Crippen molar-refractivity contribution in [3.63, 3.8) is 0 Å². The van der Waals surface area contributed by atoms with Crippen LogP contribution in [0, 0.1) is 12.8 Å². The second-order valence-electron chi connectivity index (χ2n) is 6.10. The zero-order valence-electron chi connectivity index (χ0n) is 12.3. The van der Waals surface area contributed by atoms with E-state index >= 15 is 0 Å². The summed E-state index contributed by atoms with van der Waals surface area (Å²) in [5.41, 5.74) is 0.327. The molecule has 2 aromatic rings. The highest BCUT2D eigenvalue weighted by molar-refractivity contribution is 7.19. The van der Waals surface area contributed by atoms with Crippen LogP contribution in [0.3, 0.4) is 0 Å². The normalized spacial score (nSPS) is 18.8. The Morgan fingerprint density at radius 2 is 1.86 bits per heavy atom. The van der Waals surface area contributed by atoms with Crippen LogP contribution in [0.4, 0.5) is 13.2 Å². The molecule has 1 aliphatic rings. The van der Waals surface area contributed by atoms with Crippen LogP contribution in [0.5, 0.6) is 0 Å². The number of thiophene rings is 1. The Kier molecular flexibility index (Phi) is 4.43. The minimum absolute atomic E-state index is 0.0768. The van der Waals surface area contributed by atoms with Crippen LogP contribution in [-0.4, -0.2) is 0 Å². The minimum atomic E-state index is -4.30. The third kappa shape index (κ3) is 3.00. The molecule has 1 aromatic heterocycles. The topological polar surface area (TPSA) is 0 Å². The van der Waals surface area contributed by atoms with Gasteiger partial charge in [-0.2, -0.15) is 13.2 Å². The smallest absolute Gasteiger partial charge is 0.166 e. The molecule has 1 atom stereocenters. The summed E-state index contributed by atoms with van der Waals surface area (Å²) in [4.78, 5) is 1.04. The first-order valence-electron chi connectivity index (χ1n) is 7.62. The van der Waals surface area contributed by atoms with Crippen molar-refractivity contribution >= 4 is 33.0 Å². The van der Waals surface area contributed by atoms with E-state index in [0.717, 1.165) is 34.0 Å². The van der Waals surface area contributed by atoms with Gasteiger partial charge < -0.3 is 0 Å². The molecule has 1 saturated carbocycles. The fourth-order valence-electron chi connectivity index (χ4n) is 3.32. The number of hydrogen-bond acceptors (Lipinski definition) is 1. The average Bonchev–Trinajstić information content (AvgIpc) is 2.83. The zero-order valence-corrected chi connectivity index (χ0v) is 13.9. The van der Waals surface area contributed by atoms with Crippen LogP contribution in [-0.2, 0) is 6.18 Å². The number of alkyl halides is 4. The van der Waals surface area contributed by atoms with Crippen molar-refractivity contribution in [1.29, 1.82) is 0 Å². The first-order chi connectivity index (χ1) is 10.4. The first kappa shape index (κ1) is 16.1. The summed E-state index contributed by atoms with van der Waals surface area (Å²) in [5.74, 6) is 0.448. The predicted octanol–water partition coefficient (Wildman–Crippen LogP) is 7.09. The largest absolute Gasteiger partial charge is 0.416 e. The van der Waals surface area contributed by atoms with Gasteiger partial charge in [0.1, 0.15) is 0 Å². The van der Waals surface area contributed by atoms with E-state index in [9.17, 15) is 13.2 Å². The van der Waals surface area contributed by atoms with E-state index in [1.807, 2.05) is 6.92 Å². The fourth-order valence-corrected chi connectivity index (χ4v) is 5.13. The molecule has 0 spiro atoms. The van der Waals surface area contributed by atoms with E-state index in [4.69, 9.17) is 11.6 Å². The van der Waals surface area contributed by atoms with Crippen molar-refractivity contribution in [2.45, 2.75) is 50.6 Å². The van der Waals surface area contributed by atoms with Gasteiger partial charge in [0, 0.05) is 9.58 Å². The molecule has 0 amide bonds. The lowest BCUT2D eigenvalue weighted by molar-refractivity contribution is -0.137. The number of hydrogen-bond donors (Lipinski definition) is 0. The summed E-state index contributed by atoms with van der Waals surface area (Å²) in [6, 6.07) is 3.99. The average molecular weight is 347 g/mol. The van der Waals surface area contributed by atoms with Gasteiger partial charge in [-0.15, -0.1) is 22.9 Å². The molecular weight excluding hydrogens is 329 g/mol. The van der Waals surface area contributed by atoms with Crippen LogP contribution in [0.2, 0.25) is 0 Å². The maximum atomic E-state index is 12.9. The van der Waals surface area contributed by atoms with E-state index in [0.29, 0.717) is 11.3 Å². The lowest BCUT2D eigenvalue weighted by Crippen LogP contribution is -2.11. The van der Waals surface area contributed by atoms with Gasteiger partial charge in [0.25, 0.3) is 0 Å². The maximum absolute atomic E-state index is 12.9. The number of fused-ring (bicyclic) bond motifs is 1. The lowest BCUT2D eigenvalue weighted by Gasteiger charge is -2.25. The molecule has 0 radical (unpaired) electrons. The van der Waals surface area contributed by atoms with Crippen molar-refractivity contribution < 1.29 is 13.2 Å². The van der Waals surface area contributed by atoms with Crippen molar-refractivity contribution in [2.24, 2.45) is 5.92 Å². The molecule has 3 rings (SSSR count). The van der Waals surface area contributed by atoms with Gasteiger partial charge in [-0.25, -0.2) is 0 Å². The van der Waals surface area contributed by atoms with Crippen LogP contribution < -0.4 is 0 Å². The third-order valence-electron chi connectivity index (χ3n) is 4.61. The summed E-state index contributed by atoms with van der Waals surface area (Å²) in [5, 5.41) is 0.614. The number of benzene rings is 1. The van der Waals surface area contributed by atoms with Gasteiger partial charge in [-0.1, -0.05) is 19.3 Å². The van der Waals surface area contributed by atoms with Gasteiger partial charge in [0.15, 0.2) is 0 Å². The van der Waals surface area contributed by atoms with E-state index in [-0.39, 0.29) is 5.38 Å². The van der Waals surface area contributed by atoms with E-state index in [2.05, 4.69) is 0 Å². The summed E-state index contributed by atoms with van der Waals surface area (Å²) < 4.78 is 39.5. The highest BCUT2D eigenvalue weighted by Crippen LogP contribution is 2.46. The van der Waals surface area contributed by atoms with Crippen LogP contribution in [0.25, 0.3) is 10.1 Å². The molecule has 5 heteroatoms. The van der Waals surface area contributed by atoms with Gasteiger partial charge in [-0.05, 0) is 54.8 Å². The second-order valence-corrected chi connectivity index (χ2v) is 7.65. The standard InChI is InChI=1S/C17H18ClF3S/c1-10-13-9-12(17(19,20)21)7-8-14(13)22-16(10)15(18)11-5-3-2-4-6-11/h7-9,11,15H,2-6H2,1H3. The molecule has 1 unspecified atom stereocenters. The lowest BCUT2D eigenvalue weighted by atomic mass is 9.85. The monoisotopic (exact) mass is 346 g/mol. The van der Waals surface area contributed by atoms with Crippen LogP contribution >= 0.6 is 22.9 Å². The number of aryl methyl sites for hydroxylation is 1. The quantitative estimate of drug-likeness (QED) is 0.509. The predicted molar refractivity (Wildman–Crippen MR) is 86.7 cm³/mol. The Labute approximate surface area is 137 Å². The molecule has 0 bridgehead atoms. The zero-order chi connectivity index (χ0) is 15.9. The van der Waals surface area contributed by atoms with Crippen molar-refractivity contribution in [2.75, 3.05) is 0 Å². The SMILES string of the molecule is Cc1c(C(Cl)C2CCCCC2)sc2ccc(C(F)(F)F)cc12.